The fourth-order valence-corrected chi connectivity index (χ4v) is 3.80. The molecule has 2 aliphatic heterocycles. The Balaban J connectivity index is 1.64. The number of rotatable bonds is 2. The lowest BCUT2D eigenvalue weighted by atomic mass is 10.0. The molecule has 1 aromatic heterocycles. The zero-order chi connectivity index (χ0) is 18.7. The lowest BCUT2D eigenvalue weighted by Gasteiger charge is -2.35. The molecule has 1 aromatic rings. The van der Waals surface area contributed by atoms with Crippen molar-refractivity contribution >= 4 is 17.8 Å². The van der Waals surface area contributed by atoms with E-state index >= 15 is 0 Å². The summed E-state index contributed by atoms with van der Waals surface area (Å²) in [7, 11) is 2.03. The van der Waals surface area contributed by atoms with Crippen molar-refractivity contribution in [3.63, 3.8) is 0 Å². The zero-order valence-electron chi connectivity index (χ0n) is 15.6. The van der Waals surface area contributed by atoms with Crippen molar-refractivity contribution < 1.29 is 9.59 Å². The summed E-state index contributed by atoms with van der Waals surface area (Å²) in [5.74, 6) is 0.281. The van der Waals surface area contributed by atoms with Gasteiger partial charge in [-0.15, -0.1) is 0 Å². The molecule has 142 valence electrons. The first kappa shape index (κ1) is 18.6. The first-order valence-corrected chi connectivity index (χ1v) is 9.35. The van der Waals surface area contributed by atoms with Crippen LogP contribution in [0.3, 0.4) is 0 Å². The van der Waals surface area contributed by atoms with Crippen molar-refractivity contribution in [1.29, 1.82) is 0 Å². The maximum atomic E-state index is 12.9. The highest BCUT2D eigenvalue weighted by Crippen LogP contribution is 2.19. The smallest absolute Gasteiger partial charge is 0.257 e. The maximum Gasteiger partial charge on any atom is 0.257 e. The first-order valence-electron chi connectivity index (χ1n) is 9.35. The van der Waals surface area contributed by atoms with Crippen LogP contribution in [0.15, 0.2) is 6.20 Å². The molecule has 0 aromatic carbocycles. The summed E-state index contributed by atoms with van der Waals surface area (Å²) < 4.78 is 0. The number of aromatic nitrogens is 2. The fraction of sp³-hybridized carbons (Fsp3) is 0.667. The number of nitrogens with two attached hydrogens (primary N) is 1. The summed E-state index contributed by atoms with van der Waals surface area (Å²) in [5.41, 5.74) is 6.63. The summed E-state index contributed by atoms with van der Waals surface area (Å²) >= 11 is 0. The molecule has 3 rings (SSSR count). The highest BCUT2D eigenvalue weighted by Gasteiger charge is 2.31. The predicted molar refractivity (Wildman–Crippen MR) is 98.6 cm³/mol. The molecule has 0 aliphatic carbocycles. The Morgan fingerprint density at radius 3 is 2.54 bits per heavy atom. The van der Waals surface area contributed by atoms with Gasteiger partial charge in [-0.05, 0) is 39.8 Å². The monoisotopic (exact) mass is 360 g/mol. The van der Waals surface area contributed by atoms with E-state index in [0.29, 0.717) is 37.4 Å². The predicted octanol–water partition coefficient (Wildman–Crippen LogP) is 0.526. The van der Waals surface area contributed by atoms with Gasteiger partial charge in [0.1, 0.15) is 0 Å². The summed E-state index contributed by atoms with van der Waals surface area (Å²) in [5, 5.41) is 0. The average Bonchev–Trinajstić information content (AvgIpc) is 2.87. The number of nitrogen functional groups attached to an aromatic ring is 1. The largest absolute Gasteiger partial charge is 0.368 e. The molecular weight excluding hydrogens is 332 g/mol. The van der Waals surface area contributed by atoms with Crippen molar-refractivity contribution in [3.05, 3.63) is 17.5 Å². The van der Waals surface area contributed by atoms with Crippen molar-refractivity contribution in [1.82, 2.24) is 24.7 Å². The van der Waals surface area contributed by atoms with Gasteiger partial charge < -0.3 is 15.5 Å². The number of likely N-dealkylation sites (tertiary alicyclic amines) is 1. The number of piperidine rings is 1. The van der Waals surface area contributed by atoms with E-state index in [4.69, 9.17) is 5.73 Å². The minimum Gasteiger partial charge on any atom is -0.368 e. The number of hydrogen-bond acceptors (Lipinski definition) is 6. The van der Waals surface area contributed by atoms with E-state index in [1.54, 1.807) is 11.8 Å². The second-order valence-electron chi connectivity index (χ2n) is 7.19. The van der Waals surface area contributed by atoms with E-state index in [1.807, 2.05) is 11.9 Å². The molecule has 0 spiro atoms. The summed E-state index contributed by atoms with van der Waals surface area (Å²) in [4.78, 5) is 39.6. The molecule has 3 heterocycles. The average molecular weight is 360 g/mol. The molecule has 2 N–H and O–H groups in total. The Hall–Kier alpha value is -2.22. The summed E-state index contributed by atoms with van der Waals surface area (Å²) in [6, 6.07) is -0.0151. The lowest BCUT2D eigenvalue weighted by molar-refractivity contribution is -0.137. The van der Waals surface area contributed by atoms with Crippen molar-refractivity contribution in [2.75, 3.05) is 45.5 Å². The van der Waals surface area contributed by atoms with Crippen LogP contribution < -0.4 is 5.73 Å². The highest BCUT2D eigenvalue weighted by atomic mass is 16.2. The number of likely N-dealkylation sites (N-methyl/N-ethyl adjacent to an activating group) is 1. The molecule has 0 bridgehead atoms. The highest BCUT2D eigenvalue weighted by molar-refractivity contribution is 5.95. The Bertz CT molecular complexity index is 680. The van der Waals surface area contributed by atoms with Crippen LogP contribution >= 0.6 is 0 Å². The third kappa shape index (κ3) is 3.95. The van der Waals surface area contributed by atoms with Crippen LogP contribution in [0.2, 0.25) is 0 Å². The van der Waals surface area contributed by atoms with E-state index in [-0.39, 0.29) is 23.8 Å². The standard InChI is InChI=1S/C18H28N6O2/c1-13-14(12-20-18(19)21-13)16(25)23-8-5-9-24(11-10-23)17(26)15-6-3-4-7-22(15)2/h12,15H,3-11H2,1-2H3,(H2,19,20,21). The Morgan fingerprint density at radius 2 is 1.81 bits per heavy atom. The van der Waals surface area contributed by atoms with Crippen LogP contribution in [0.4, 0.5) is 5.95 Å². The van der Waals surface area contributed by atoms with Crippen molar-refractivity contribution in [2.45, 2.75) is 38.6 Å². The van der Waals surface area contributed by atoms with Crippen LogP contribution in [0.25, 0.3) is 0 Å². The van der Waals surface area contributed by atoms with Gasteiger partial charge >= 0.3 is 0 Å². The quantitative estimate of drug-likeness (QED) is 0.826. The topological polar surface area (TPSA) is 95.7 Å². The molecular formula is C18H28N6O2. The van der Waals surface area contributed by atoms with Crippen molar-refractivity contribution in [2.24, 2.45) is 0 Å². The van der Waals surface area contributed by atoms with Crippen LogP contribution in [0.1, 0.15) is 41.7 Å². The van der Waals surface area contributed by atoms with Gasteiger partial charge in [0.05, 0.1) is 17.3 Å². The minimum absolute atomic E-state index is 0.0151. The van der Waals surface area contributed by atoms with E-state index in [2.05, 4.69) is 14.9 Å². The molecule has 0 saturated carbocycles. The number of hydrogen-bond donors (Lipinski definition) is 1. The van der Waals surface area contributed by atoms with Crippen LogP contribution in [-0.4, -0.2) is 82.3 Å². The molecule has 1 atom stereocenters. The zero-order valence-corrected chi connectivity index (χ0v) is 15.6. The van der Waals surface area contributed by atoms with E-state index in [9.17, 15) is 9.59 Å². The van der Waals surface area contributed by atoms with Gasteiger partial charge in [0, 0.05) is 32.4 Å². The van der Waals surface area contributed by atoms with Gasteiger partial charge in [-0.3, -0.25) is 14.5 Å². The fourth-order valence-electron chi connectivity index (χ4n) is 3.80. The van der Waals surface area contributed by atoms with Gasteiger partial charge in [-0.25, -0.2) is 9.97 Å². The number of carbonyl (C=O) groups is 2. The molecule has 2 aliphatic rings. The summed E-state index contributed by atoms with van der Waals surface area (Å²) in [6.45, 7) is 5.18. The molecule has 0 radical (unpaired) electrons. The van der Waals surface area contributed by atoms with Gasteiger partial charge in [0.15, 0.2) is 0 Å². The van der Waals surface area contributed by atoms with E-state index in [1.165, 1.54) is 6.20 Å². The van der Waals surface area contributed by atoms with Crippen LogP contribution in [0.5, 0.6) is 0 Å². The molecule has 1 unspecified atom stereocenters. The Morgan fingerprint density at radius 1 is 1.08 bits per heavy atom. The van der Waals surface area contributed by atoms with Crippen LogP contribution in [0, 0.1) is 6.92 Å². The van der Waals surface area contributed by atoms with Gasteiger partial charge in [-0.1, -0.05) is 6.42 Å². The second-order valence-corrected chi connectivity index (χ2v) is 7.19. The van der Waals surface area contributed by atoms with Gasteiger partial charge in [-0.2, -0.15) is 0 Å². The van der Waals surface area contributed by atoms with E-state index in [0.717, 1.165) is 32.2 Å². The minimum atomic E-state index is -0.0911. The molecule has 2 fully saturated rings. The summed E-state index contributed by atoms with van der Waals surface area (Å²) in [6.07, 6.45) is 5.46. The van der Waals surface area contributed by atoms with Gasteiger partial charge in [0.25, 0.3) is 5.91 Å². The van der Waals surface area contributed by atoms with Crippen LogP contribution in [-0.2, 0) is 4.79 Å². The van der Waals surface area contributed by atoms with Crippen molar-refractivity contribution in [3.8, 4) is 0 Å². The molecule has 26 heavy (non-hydrogen) atoms. The third-order valence-electron chi connectivity index (χ3n) is 5.38. The first-order chi connectivity index (χ1) is 12.5. The second kappa shape index (κ2) is 7.99. The van der Waals surface area contributed by atoms with Gasteiger partial charge in [0.2, 0.25) is 11.9 Å². The normalized spacial score (nSPS) is 22.2. The maximum absolute atomic E-state index is 12.9. The molecule has 8 heteroatoms. The molecule has 8 nitrogen and oxygen atoms in total. The van der Waals surface area contributed by atoms with E-state index < -0.39 is 0 Å². The Labute approximate surface area is 154 Å². The number of anilines is 1. The number of carbonyl (C=O) groups excluding carboxylic acids is 2. The number of aryl methyl sites for hydroxylation is 1. The lowest BCUT2D eigenvalue weighted by Crippen LogP contribution is -2.50. The molecule has 2 saturated heterocycles. The Kier molecular flexibility index (Phi) is 5.70. The SMILES string of the molecule is Cc1nc(N)ncc1C(=O)N1CCCN(C(=O)C2CCCCN2C)CC1. The third-order valence-corrected chi connectivity index (χ3v) is 5.38. The molecule has 2 amide bonds. The number of nitrogens with zero attached hydrogens (tertiary/aromatic N) is 5. The number of amides is 2.